The van der Waals surface area contributed by atoms with E-state index in [1.165, 1.54) is 31.2 Å². The van der Waals surface area contributed by atoms with Gasteiger partial charge < -0.3 is 20.7 Å². The van der Waals surface area contributed by atoms with Crippen LogP contribution in [0.1, 0.15) is 51.5 Å². The van der Waals surface area contributed by atoms with Crippen LogP contribution < -0.4 is 15.8 Å². The molecular formula is C29H25F6N3O4. The molecule has 0 saturated heterocycles. The summed E-state index contributed by atoms with van der Waals surface area (Å²) in [6.45, 7) is 1.08. The van der Waals surface area contributed by atoms with Crippen molar-refractivity contribution in [3.05, 3.63) is 101 Å². The molecule has 3 atom stereocenters. The van der Waals surface area contributed by atoms with Gasteiger partial charge in [0.1, 0.15) is 18.4 Å². The molecule has 3 aromatic rings. The third-order valence-corrected chi connectivity index (χ3v) is 6.85. The summed E-state index contributed by atoms with van der Waals surface area (Å²) in [6, 6.07) is 11.8. The molecule has 1 aliphatic rings. The minimum atomic E-state index is -5.20. The number of halogens is 6. The fourth-order valence-electron chi connectivity index (χ4n) is 4.87. The monoisotopic (exact) mass is 593 g/mol. The first kappa shape index (κ1) is 30.4. The molecule has 42 heavy (non-hydrogen) atoms. The smallest absolute Gasteiger partial charge is 0.416 e. The number of nitrogens with one attached hydrogen (secondary N) is 1. The molecule has 1 aliphatic heterocycles. The van der Waals surface area contributed by atoms with E-state index in [0.717, 1.165) is 4.90 Å². The number of alkyl halides is 6. The maximum atomic E-state index is 13.8. The van der Waals surface area contributed by atoms with Gasteiger partial charge in [0.15, 0.2) is 0 Å². The second kappa shape index (κ2) is 11.7. The van der Waals surface area contributed by atoms with Crippen molar-refractivity contribution in [2.45, 2.75) is 37.3 Å². The summed E-state index contributed by atoms with van der Waals surface area (Å²) in [4.78, 5) is 40.3. The zero-order valence-electron chi connectivity index (χ0n) is 22.0. The van der Waals surface area contributed by atoms with Crippen LogP contribution in [0.3, 0.4) is 0 Å². The Bertz CT molecular complexity index is 1440. The van der Waals surface area contributed by atoms with Gasteiger partial charge >= 0.3 is 12.4 Å². The van der Waals surface area contributed by atoms with Gasteiger partial charge in [-0.3, -0.25) is 14.4 Å². The molecule has 3 unspecified atom stereocenters. The van der Waals surface area contributed by atoms with Crippen LogP contribution in [0.5, 0.6) is 5.75 Å². The van der Waals surface area contributed by atoms with Crippen molar-refractivity contribution in [1.82, 2.24) is 10.2 Å². The Kier molecular flexibility index (Phi) is 8.50. The number of para-hydroxylation sites is 1. The molecule has 0 saturated carbocycles. The van der Waals surface area contributed by atoms with Crippen LogP contribution in [0.25, 0.3) is 0 Å². The summed E-state index contributed by atoms with van der Waals surface area (Å²) in [5, 5.41) is 2.59. The standard InChI is InChI=1S/C29H25F6N3O4/c1-16(25(36)39)38-24(17-13-18(28(30,31)32)15-19(14-17)29(33,34)35)23(21-9-5-6-10-22(21)27(38)41)26(40)37-11-12-42-20-7-3-2-4-8-20/h2-10,13-16,23-24H,11-12H2,1H3,(H2,36,39)(H,37,40). The Morgan fingerprint density at radius 1 is 0.929 bits per heavy atom. The van der Waals surface area contributed by atoms with E-state index in [4.69, 9.17) is 10.5 Å². The number of nitrogens with two attached hydrogens (primary N) is 1. The summed E-state index contributed by atoms with van der Waals surface area (Å²) in [7, 11) is 0. The van der Waals surface area contributed by atoms with E-state index in [0.29, 0.717) is 17.9 Å². The summed E-state index contributed by atoms with van der Waals surface area (Å²) < 4.78 is 88.3. The molecule has 4 rings (SSSR count). The van der Waals surface area contributed by atoms with Crippen molar-refractivity contribution in [3.63, 3.8) is 0 Å². The topological polar surface area (TPSA) is 102 Å². The lowest BCUT2D eigenvalue weighted by atomic mass is 9.77. The highest BCUT2D eigenvalue weighted by Crippen LogP contribution is 2.46. The lowest BCUT2D eigenvalue weighted by Crippen LogP contribution is -2.54. The van der Waals surface area contributed by atoms with Gasteiger partial charge in [0.25, 0.3) is 5.91 Å². The Hall–Kier alpha value is -4.55. The second-order valence-corrected chi connectivity index (χ2v) is 9.59. The lowest BCUT2D eigenvalue weighted by Gasteiger charge is -2.44. The highest BCUT2D eigenvalue weighted by molar-refractivity contribution is 6.03. The number of benzene rings is 3. The number of rotatable bonds is 8. The number of primary amides is 1. The maximum Gasteiger partial charge on any atom is 0.416 e. The van der Waals surface area contributed by atoms with Crippen LogP contribution in [0.15, 0.2) is 72.8 Å². The normalized spacial score (nSPS) is 17.8. The molecule has 0 radical (unpaired) electrons. The number of nitrogens with zero attached hydrogens (tertiary/aromatic N) is 1. The van der Waals surface area contributed by atoms with Gasteiger partial charge in [-0.05, 0) is 54.4 Å². The molecule has 13 heteroatoms. The van der Waals surface area contributed by atoms with Crippen LogP contribution >= 0.6 is 0 Å². The Morgan fingerprint density at radius 2 is 1.50 bits per heavy atom. The first-order valence-corrected chi connectivity index (χ1v) is 12.7. The van der Waals surface area contributed by atoms with Gasteiger partial charge in [-0.15, -0.1) is 0 Å². The van der Waals surface area contributed by atoms with Crippen LogP contribution in [-0.4, -0.2) is 41.8 Å². The molecular weight excluding hydrogens is 568 g/mol. The molecule has 0 spiro atoms. The minimum Gasteiger partial charge on any atom is -0.492 e. The van der Waals surface area contributed by atoms with E-state index < -0.39 is 64.8 Å². The zero-order valence-corrected chi connectivity index (χ0v) is 22.0. The summed E-state index contributed by atoms with van der Waals surface area (Å²) >= 11 is 0. The number of amides is 3. The van der Waals surface area contributed by atoms with Crippen LogP contribution in [0.2, 0.25) is 0 Å². The first-order valence-electron chi connectivity index (χ1n) is 12.7. The molecule has 3 N–H and O–H groups in total. The first-order chi connectivity index (χ1) is 19.7. The molecule has 0 bridgehead atoms. The molecule has 7 nitrogen and oxygen atoms in total. The molecule has 0 fully saturated rings. The maximum absolute atomic E-state index is 13.8. The van der Waals surface area contributed by atoms with Crippen molar-refractivity contribution in [1.29, 1.82) is 0 Å². The average Bonchev–Trinajstić information content (AvgIpc) is 2.94. The van der Waals surface area contributed by atoms with E-state index in [9.17, 15) is 40.7 Å². The number of hydrogen-bond donors (Lipinski definition) is 2. The van der Waals surface area contributed by atoms with E-state index >= 15 is 0 Å². The summed E-state index contributed by atoms with van der Waals surface area (Å²) in [5.41, 5.74) is 1.54. The van der Waals surface area contributed by atoms with Crippen molar-refractivity contribution in [2.24, 2.45) is 5.73 Å². The van der Waals surface area contributed by atoms with Gasteiger partial charge in [0, 0.05) is 5.56 Å². The van der Waals surface area contributed by atoms with Crippen LogP contribution in [0.4, 0.5) is 26.3 Å². The van der Waals surface area contributed by atoms with E-state index in [1.54, 1.807) is 30.3 Å². The van der Waals surface area contributed by atoms with Gasteiger partial charge in [-0.2, -0.15) is 26.3 Å². The van der Waals surface area contributed by atoms with Crippen molar-refractivity contribution in [3.8, 4) is 5.75 Å². The highest BCUT2D eigenvalue weighted by atomic mass is 19.4. The molecule has 3 aromatic carbocycles. The fourth-order valence-corrected chi connectivity index (χ4v) is 4.87. The lowest BCUT2D eigenvalue weighted by molar-refractivity contribution is -0.143. The quantitative estimate of drug-likeness (QED) is 0.281. The van der Waals surface area contributed by atoms with Crippen LogP contribution in [-0.2, 0) is 21.9 Å². The van der Waals surface area contributed by atoms with Crippen molar-refractivity contribution >= 4 is 17.7 Å². The van der Waals surface area contributed by atoms with Crippen molar-refractivity contribution < 1.29 is 45.5 Å². The Balaban J connectivity index is 1.84. The fraction of sp³-hybridized carbons (Fsp3) is 0.276. The third kappa shape index (κ3) is 6.34. The Morgan fingerprint density at radius 3 is 2.07 bits per heavy atom. The molecule has 1 heterocycles. The average molecular weight is 594 g/mol. The summed E-state index contributed by atoms with van der Waals surface area (Å²) in [6.07, 6.45) is -10.4. The third-order valence-electron chi connectivity index (χ3n) is 6.85. The Labute approximate surface area is 236 Å². The van der Waals surface area contributed by atoms with Gasteiger partial charge in [-0.25, -0.2) is 0 Å². The molecule has 3 amide bonds. The van der Waals surface area contributed by atoms with E-state index in [1.807, 2.05) is 0 Å². The molecule has 222 valence electrons. The molecule has 0 aromatic heterocycles. The second-order valence-electron chi connectivity index (χ2n) is 9.59. The van der Waals surface area contributed by atoms with Gasteiger partial charge in [0.2, 0.25) is 11.8 Å². The van der Waals surface area contributed by atoms with Crippen molar-refractivity contribution in [2.75, 3.05) is 13.2 Å². The molecule has 0 aliphatic carbocycles. The van der Waals surface area contributed by atoms with E-state index in [-0.39, 0.29) is 30.3 Å². The number of fused-ring (bicyclic) bond motifs is 1. The predicted molar refractivity (Wildman–Crippen MR) is 138 cm³/mol. The predicted octanol–water partition coefficient (Wildman–Crippen LogP) is 5.07. The number of carbonyl (C=O) groups excluding carboxylic acids is 3. The summed E-state index contributed by atoms with van der Waals surface area (Å²) in [5.74, 6) is -3.79. The minimum absolute atomic E-state index is 0.0170. The van der Waals surface area contributed by atoms with Crippen LogP contribution in [0, 0.1) is 0 Å². The number of ether oxygens (including phenoxy) is 1. The number of carbonyl (C=O) groups is 3. The van der Waals surface area contributed by atoms with Gasteiger partial charge in [-0.1, -0.05) is 36.4 Å². The van der Waals surface area contributed by atoms with E-state index in [2.05, 4.69) is 5.32 Å². The SMILES string of the molecule is CC(C(N)=O)N1C(=O)c2ccccc2C(C(=O)NCCOc2ccccc2)C1c1cc(C(F)(F)F)cc(C(F)(F)F)c1. The van der Waals surface area contributed by atoms with Gasteiger partial charge in [0.05, 0.1) is 29.6 Å². The largest absolute Gasteiger partial charge is 0.492 e. The highest BCUT2D eigenvalue weighted by Gasteiger charge is 2.48. The zero-order chi connectivity index (χ0) is 30.8. The number of hydrogen-bond acceptors (Lipinski definition) is 4.